The topological polar surface area (TPSA) is 158 Å². The monoisotopic (exact) mass is 555 g/mol. The summed E-state index contributed by atoms with van der Waals surface area (Å²) in [4.78, 5) is 44.5. The van der Waals surface area contributed by atoms with Gasteiger partial charge in [0.05, 0.1) is 0 Å². The summed E-state index contributed by atoms with van der Waals surface area (Å²) >= 11 is 3.61. The Morgan fingerprint density at radius 1 is 1.19 bits per heavy atom. The Hall–Kier alpha value is -3.55. The number of aliphatic carboxylic acids is 1. The third-order valence-corrected chi connectivity index (χ3v) is 9.89. The first kappa shape index (κ1) is 25.1. The average Bonchev–Trinajstić information content (AvgIpc) is 3.34. The minimum absolute atomic E-state index is 0.0113. The van der Waals surface area contributed by atoms with E-state index in [9.17, 15) is 24.7 Å². The summed E-state index contributed by atoms with van der Waals surface area (Å²) in [6.07, 6.45) is 0. The fourth-order valence-electron chi connectivity index (χ4n) is 4.23. The highest BCUT2D eigenvalue weighted by molar-refractivity contribution is 8.05. The van der Waals surface area contributed by atoms with Crippen molar-refractivity contribution in [3.05, 3.63) is 65.7 Å². The van der Waals surface area contributed by atoms with Crippen LogP contribution in [0.5, 0.6) is 0 Å². The van der Waals surface area contributed by atoms with Gasteiger partial charge in [0.15, 0.2) is 10.8 Å². The number of carbonyl (C=O) groups is 3. The molecule has 0 aliphatic carbocycles. The fourth-order valence-corrected chi connectivity index (χ4v) is 7.76. The summed E-state index contributed by atoms with van der Waals surface area (Å²) < 4.78 is -1.27. The van der Waals surface area contributed by atoms with Crippen LogP contribution < -0.4 is 11.1 Å². The maximum Gasteiger partial charge on any atom is 0.322 e. The minimum Gasteiger partial charge on any atom is -0.480 e. The van der Waals surface area contributed by atoms with Gasteiger partial charge in [-0.25, -0.2) is 4.98 Å². The van der Waals surface area contributed by atoms with Crippen LogP contribution in [-0.2, 0) is 14.4 Å². The van der Waals surface area contributed by atoms with Gasteiger partial charge < -0.3 is 26.3 Å². The number of amides is 2. The number of rotatable bonds is 7. The van der Waals surface area contributed by atoms with E-state index in [4.69, 9.17) is 5.73 Å². The maximum absolute atomic E-state index is 13.0. The van der Waals surface area contributed by atoms with Crippen molar-refractivity contribution in [1.29, 1.82) is 0 Å². The van der Waals surface area contributed by atoms with Gasteiger partial charge in [0.25, 0.3) is 5.91 Å². The highest BCUT2D eigenvalue weighted by atomic mass is 32.2. The van der Waals surface area contributed by atoms with Gasteiger partial charge in [-0.05, 0) is 17.2 Å². The van der Waals surface area contributed by atoms with Crippen LogP contribution in [-0.4, -0.2) is 72.2 Å². The minimum atomic E-state index is -1.27. The van der Waals surface area contributed by atoms with Crippen molar-refractivity contribution in [3.8, 4) is 11.1 Å². The van der Waals surface area contributed by atoms with E-state index in [1.807, 2.05) is 54.6 Å². The number of carbonyl (C=O) groups excluding carboxylic acids is 2. The van der Waals surface area contributed by atoms with E-state index in [1.54, 1.807) is 0 Å². The number of hydrogen-bond acceptors (Lipinski definition) is 10. The van der Waals surface area contributed by atoms with Gasteiger partial charge in [-0.2, -0.15) is 0 Å². The van der Waals surface area contributed by atoms with Gasteiger partial charge in [-0.15, -0.1) is 34.9 Å². The second-order valence-electron chi connectivity index (χ2n) is 8.40. The van der Waals surface area contributed by atoms with Crippen LogP contribution >= 0.6 is 34.9 Å². The molecule has 37 heavy (non-hydrogen) atoms. The molecule has 1 aromatic heterocycles. The van der Waals surface area contributed by atoms with Crippen molar-refractivity contribution < 1.29 is 24.7 Å². The Labute approximate surface area is 223 Å². The third kappa shape index (κ3) is 4.65. The molecule has 0 bridgehead atoms. The number of oxime groups is 1. The van der Waals surface area contributed by atoms with Gasteiger partial charge in [0.1, 0.15) is 21.9 Å². The van der Waals surface area contributed by atoms with E-state index in [0.717, 1.165) is 27.4 Å². The molecule has 1 unspecified atom stereocenters. The summed E-state index contributed by atoms with van der Waals surface area (Å²) in [6.45, 7) is -0.0113. The average molecular weight is 556 g/mol. The number of β-lactam (4-membered cyclic amide) rings is 1. The number of hydrogen-bond donors (Lipinski definition) is 4. The zero-order valence-electron chi connectivity index (χ0n) is 19.1. The number of aromatic nitrogens is 1. The summed E-state index contributed by atoms with van der Waals surface area (Å²) in [5.41, 5.74) is 7.22. The first-order valence-electron chi connectivity index (χ1n) is 11.1. The molecule has 2 saturated heterocycles. The molecule has 5 rings (SSSR count). The lowest BCUT2D eigenvalue weighted by atomic mass is 10.0. The largest absolute Gasteiger partial charge is 0.480 e. The Bertz CT molecular complexity index is 1400. The molecule has 13 heteroatoms. The zero-order valence-corrected chi connectivity index (χ0v) is 21.6. The molecule has 2 fully saturated rings. The first-order valence-corrected chi connectivity index (χ1v) is 13.8. The predicted octanol–water partition coefficient (Wildman–Crippen LogP) is 2.59. The van der Waals surface area contributed by atoms with E-state index in [0.29, 0.717) is 0 Å². The molecule has 2 aliphatic rings. The Balaban J connectivity index is 1.32. The van der Waals surface area contributed by atoms with Gasteiger partial charge in [-0.1, -0.05) is 53.7 Å². The number of nitrogens with one attached hydrogen (secondary N) is 1. The number of fused-ring (bicyclic) bond motifs is 1. The summed E-state index contributed by atoms with van der Waals surface area (Å²) in [5, 5.41) is 26.4. The van der Waals surface area contributed by atoms with Gasteiger partial charge in [-0.3, -0.25) is 14.4 Å². The lowest BCUT2D eigenvalue weighted by molar-refractivity contribution is -0.151. The molecule has 3 heterocycles. The van der Waals surface area contributed by atoms with Crippen molar-refractivity contribution in [2.75, 3.05) is 18.0 Å². The van der Waals surface area contributed by atoms with Crippen molar-refractivity contribution in [2.45, 2.75) is 21.1 Å². The smallest absolute Gasteiger partial charge is 0.322 e. The fraction of sp³-hybridized carbons (Fsp3) is 0.208. The molecular weight excluding hydrogens is 534 g/mol. The van der Waals surface area contributed by atoms with E-state index >= 15 is 0 Å². The number of nitrogens with two attached hydrogens (primary N) is 1. The Kier molecular flexibility index (Phi) is 6.84. The normalized spacial score (nSPS) is 23.2. The molecule has 0 spiro atoms. The third-order valence-electron chi connectivity index (χ3n) is 6.09. The number of benzene rings is 2. The molecule has 3 aromatic rings. The van der Waals surface area contributed by atoms with Crippen molar-refractivity contribution in [1.82, 2.24) is 15.2 Å². The first-order chi connectivity index (χ1) is 17.8. The van der Waals surface area contributed by atoms with Crippen molar-refractivity contribution in [2.24, 2.45) is 5.16 Å². The van der Waals surface area contributed by atoms with Crippen LogP contribution in [0, 0.1) is 0 Å². The molecule has 5 N–H and O–H groups in total. The van der Waals surface area contributed by atoms with Crippen LogP contribution in [0.3, 0.4) is 0 Å². The molecule has 10 nitrogen and oxygen atoms in total. The van der Waals surface area contributed by atoms with Crippen LogP contribution in [0.2, 0.25) is 0 Å². The number of nitrogens with zero attached hydrogens (tertiary/aromatic N) is 3. The lowest BCUT2D eigenvalue weighted by Gasteiger charge is -2.53. The molecule has 2 aliphatic heterocycles. The van der Waals surface area contributed by atoms with Crippen LogP contribution in [0.25, 0.3) is 11.1 Å². The van der Waals surface area contributed by atoms with E-state index < -0.39 is 33.9 Å². The van der Waals surface area contributed by atoms with E-state index in [-0.39, 0.29) is 28.8 Å². The second-order valence-corrected chi connectivity index (χ2v) is 11.8. The highest BCUT2D eigenvalue weighted by Crippen LogP contribution is 2.48. The molecule has 2 aromatic carbocycles. The molecule has 2 amide bonds. The van der Waals surface area contributed by atoms with Gasteiger partial charge >= 0.3 is 5.97 Å². The summed E-state index contributed by atoms with van der Waals surface area (Å²) in [5.74, 6) is -1.96. The molecule has 3 atom stereocenters. The summed E-state index contributed by atoms with van der Waals surface area (Å²) in [7, 11) is 0. The SMILES string of the molecule is Nc1nc(C(=NO)C(=O)N[C@@H]2C(=O)N3CC(Sc4ccccc4-c4ccccc4)(C(=O)O)CS[C@H]23)cs1. The summed E-state index contributed by atoms with van der Waals surface area (Å²) in [6, 6.07) is 16.4. The number of carboxylic acids is 1. The molecule has 190 valence electrons. The van der Waals surface area contributed by atoms with Crippen LogP contribution in [0.1, 0.15) is 5.69 Å². The molecule has 0 saturated carbocycles. The predicted molar refractivity (Wildman–Crippen MR) is 143 cm³/mol. The van der Waals surface area contributed by atoms with Crippen molar-refractivity contribution >= 4 is 63.5 Å². The highest BCUT2D eigenvalue weighted by Gasteiger charge is 2.58. The number of thiazole rings is 1. The number of carboxylic acid groups (broad SMARTS) is 1. The van der Waals surface area contributed by atoms with Gasteiger partial charge in [0.2, 0.25) is 5.91 Å². The van der Waals surface area contributed by atoms with Crippen molar-refractivity contribution in [3.63, 3.8) is 0 Å². The second kappa shape index (κ2) is 10.1. The number of thioether (sulfide) groups is 2. The maximum atomic E-state index is 13.0. The zero-order chi connectivity index (χ0) is 26.2. The molecular formula is C24H21N5O5S3. The quantitative estimate of drug-likeness (QED) is 0.149. The molecule has 0 radical (unpaired) electrons. The van der Waals surface area contributed by atoms with Crippen LogP contribution in [0.15, 0.2) is 70.0 Å². The Morgan fingerprint density at radius 3 is 2.59 bits per heavy atom. The van der Waals surface area contributed by atoms with Gasteiger partial charge in [0, 0.05) is 22.6 Å². The Morgan fingerprint density at radius 2 is 1.92 bits per heavy atom. The lowest BCUT2D eigenvalue weighted by Crippen LogP contribution is -2.74. The number of nitrogen functional groups attached to an aromatic ring is 1. The number of anilines is 1. The van der Waals surface area contributed by atoms with E-state index in [2.05, 4.69) is 15.5 Å². The standard InChI is InChI=1S/C24H21N5O5S3/c25-23-26-15(10-35-23)17(28-34)19(30)27-18-20(31)29-11-24(22(32)33,12-36-21(18)29)37-16-9-5-4-8-14(16)13-6-2-1-3-7-13/h1-10,18,21,34H,11-12H2,(H2,25,26)(H,27,30)(H,32,33)/t18-,21-,24?/m1/s1. The van der Waals surface area contributed by atoms with Crippen LogP contribution in [0.4, 0.5) is 5.13 Å². The van der Waals surface area contributed by atoms with E-state index in [1.165, 1.54) is 33.8 Å².